The Kier molecular flexibility index (Phi) is 6.25. The van der Waals surface area contributed by atoms with Crippen LogP contribution in [0.25, 0.3) is 0 Å². The Hall–Kier alpha value is -1.04. The predicted octanol–water partition coefficient (Wildman–Crippen LogP) is 6.37. The quantitative estimate of drug-likeness (QED) is 0.511. The van der Waals surface area contributed by atoms with Gasteiger partial charge >= 0.3 is 0 Å². The molecule has 0 heterocycles. The van der Waals surface area contributed by atoms with Crippen molar-refractivity contribution in [1.82, 2.24) is 0 Å². The maximum Gasteiger partial charge on any atom is -0.00946 e. The number of benzene rings is 1. The highest BCUT2D eigenvalue weighted by molar-refractivity contribution is 5.53. The fourth-order valence-corrected chi connectivity index (χ4v) is 4.07. The van der Waals surface area contributed by atoms with Crippen molar-refractivity contribution in [3.8, 4) is 0 Å². The molecule has 0 heteroatoms. The van der Waals surface area contributed by atoms with E-state index in [-0.39, 0.29) is 5.41 Å². The lowest BCUT2D eigenvalue weighted by Crippen LogP contribution is -2.22. The molecule has 21 heavy (non-hydrogen) atoms. The first-order chi connectivity index (χ1) is 9.81. The predicted molar refractivity (Wildman–Crippen MR) is 96.5 cm³/mol. The third kappa shape index (κ3) is 3.59. The molecule has 0 bridgehead atoms. The number of hydrogen-bond acceptors (Lipinski definition) is 0. The first kappa shape index (κ1) is 18.0. The van der Waals surface area contributed by atoms with Crippen LogP contribution >= 0.6 is 0 Å². The Morgan fingerprint density at radius 3 is 2.00 bits per heavy atom. The second-order valence-corrected chi connectivity index (χ2v) is 7.08. The summed E-state index contributed by atoms with van der Waals surface area (Å²) >= 11 is 0. The van der Waals surface area contributed by atoms with Gasteiger partial charge in [-0.25, -0.2) is 0 Å². The van der Waals surface area contributed by atoms with Crippen molar-refractivity contribution in [3.05, 3.63) is 46.0 Å². The highest BCUT2D eigenvalue weighted by atomic mass is 14.3. The van der Waals surface area contributed by atoms with E-state index < -0.39 is 0 Å². The summed E-state index contributed by atoms with van der Waals surface area (Å²) in [6, 6.07) is 0. The van der Waals surface area contributed by atoms with Gasteiger partial charge in [0.25, 0.3) is 0 Å². The van der Waals surface area contributed by atoms with Crippen molar-refractivity contribution in [2.24, 2.45) is 0 Å². The molecule has 0 amide bonds. The fourth-order valence-electron chi connectivity index (χ4n) is 4.07. The SMILES string of the molecule is C=CCc1c(C)c(C(C)(C)CCC)c(C)c(C)c1CCC. The minimum Gasteiger partial charge on any atom is -0.103 e. The minimum atomic E-state index is 0.258. The van der Waals surface area contributed by atoms with Crippen LogP contribution in [0.1, 0.15) is 80.3 Å². The molecule has 0 saturated heterocycles. The van der Waals surface area contributed by atoms with Gasteiger partial charge in [-0.2, -0.15) is 0 Å². The maximum absolute atomic E-state index is 3.98. The monoisotopic (exact) mass is 286 g/mol. The third-order valence-corrected chi connectivity index (χ3v) is 4.98. The summed E-state index contributed by atoms with van der Waals surface area (Å²) in [6.07, 6.45) is 7.93. The van der Waals surface area contributed by atoms with Crippen LogP contribution in [0.2, 0.25) is 0 Å². The van der Waals surface area contributed by atoms with Gasteiger partial charge in [0.05, 0.1) is 0 Å². The van der Waals surface area contributed by atoms with Crippen molar-refractivity contribution in [3.63, 3.8) is 0 Å². The van der Waals surface area contributed by atoms with Gasteiger partial charge in [0.2, 0.25) is 0 Å². The van der Waals surface area contributed by atoms with Crippen molar-refractivity contribution in [1.29, 1.82) is 0 Å². The van der Waals surface area contributed by atoms with Crippen LogP contribution in [0.5, 0.6) is 0 Å². The first-order valence-electron chi connectivity index (χ1n) is 8.54. The molecule has 0 aliphatic rings. The van der Waals surface area contributed by atoms with Gasteiger partial charge in [-0.3, -0.25) is 0 Å². The van der Waals surface area contributed by atoms with E-state index in [9.17, 15) is 0 Å². The molecule has 0 aliphatic heterocycles. The van der Waals surface area contributed by atoms with Crippen LogP contribution in [0.15, 0.2) is 12.7 Å². The Balaban J connectivity index is 3.64. The summed E-state index contributed by atoms with van der Waals surface area (Å²) in [6.45, 7) is 20.3. The molecule has 0 atom stereocenters. The van der Waals surface area contributed by atoms with E-state index >= 15 is 0 Å². The molecule has 0 spiro atoms. The molecule has 0 aliphatic carbocycles. The number of rotatable bonds is 7. The van der Waals surface area contributed by atoms with Crippen LogP contribution in [0, 0.1) is 20.8 Å². The topological polar surface area (TPSA) is 0 Å². The van der Waals surface area contributed by atoms with Gasteiger partial charge < -0.3 is 0 Å². The molecule has 0 radical (unpaired) electrons. The minimum absolute atomic E-state index is 0.258. The second kappa shape index (κ2) is 7.29. The normalized spacial score (nSPS) is 11.8. The summed E-state index contributed by atoms with van der Waals surface area (Å²) in [7, 11) is 0. The lowest BCUT2D eigenvalue weighted by molar-refractivity contribution is 0.467. The second-order valence-electron chi connectivity index (χ2n) is 7.08. The third-order valence-electron chi connectivity index (χ3n) is 4.98. The molecule has 0 nitrogen and oxygen atoms in total. The molecular formula is C21H34. The zero-order valence-electron chi connectivity index (χ0n) is 15.3. The van der Waals surface area contributed by atoms with E-state index in [2.05, 4.69) is 61.1 Å². The van der Waals surface area contributed by atoms with E-state index in [0.717, 1.165) is 6.42 Å². The van der Waals surface area contributed by atoms with Gasteiger partial charge in [-0.05, 0) is 78.8 Å². The van der Waals surface area contributed by atoms with Gasteiger partial charge in [-0.15, -0.1) is 6.58 Å². The standard InChI is InChI=1S/C21H34/c1-9-12-18-15(4)16(5)20(21(7,8)14-11-3)17(6)19(18)13-10-2/h10H,2,9,11-14H2,1,3-8H3. The number of hydrogen-bond donors (Lipinski definition) is 0. The molecular weight excluding hydrogens is 252 g/mol. The first-order valence-corrected chi connectivity index (χ1v) is 8.54. The fraction of sp³-hybridized carbons (Fsp3) is 0.619. The van der Waals surface area contributed by atoms with Crippen LogP contribution in [-0.4, -0.2) is 0 Å². The molecule has 0 aromatic heterocycles. The largest absolute Gasteiger partial charge is 0.103 e. The summed E-state index contributed by atoms with van der Waals surface area (Å²) in [5.41, 5.74) is 9.49. The van der Waals surface area contributed by atoms with Crippen molar-refractivity contribution < 1.29 is 0 Å². The van der Waals surface area contributed by atoms with Gasteiger partial charge in [0.15, 0.2) is 0 Å². The zero-order valence-corrected chi connectivity index (χ0v) is 15.3. The Bertz CT molecular complexity index is 504. The average molecular weight is 287 g/mol. The zero-order chi connectivity index (χ0) is 16.2. The number of allylic oxidation sites excluding steroid dienone is 1. The van der Waals surface area contributed by atoms with E-state index in [1.54, 1.807) is 11.1 Å². The molecule has 1 aromatic rings. The molecule has 0 saturated carbocycles. The summed E-state index contributed by atoms with van der Waals surface area (Å²) < 4.78 is 0. The van der Waals surface area contributed by atoms with Crippen LogP contribution in [0.4, 0.5) is 0 Å². The van der Waals surface area contributed by atoms with E-state index in [0.29, 0.717) is 0 Å². The Labute approximate surface area is 132 Å². The van der Waals surface area contributed by atoms with E-state index in [4.69, 9.17) is 0 Å². The molecule has 118 valence electrons. The molecule has 1 aromatic carbocycles. The smallest absolute Gasteiger partial charge is 0.00946 e. The maximum atomic E-state index is 3.98. The van der Waals surface area contributed by atoms with Gasteiger partial charge in [0.1, 0.15) is 0 Å². The molecule has 0 unspecified atom stereocenters. The molecule has 0 N–H and O–H groups in total. The van der Waals surface area contributed by atoms with Gasteiger partial charge in [-0.1, -0.05) is 46.6 Å². The molecule has 1 rings (SSSR count). The highest BCUT2D eigenvalue weighted by Crippen LogP contribution is 2.38. The van der Waals surface area contributed by atoms with E-state index in [1.165, 1.54) is 47.9 Å². The lowest BCUT2D eigenvalue weighted by Gasteiger charge is -2.32. The van der Waals surface area contributed by atoms with E-state index in [1.807, 2.05) is 0 Å². The van der Waals surface area contributed by atoms with Crippen LogP contribution in [0.3, 0.4) is 0 Å². The Morgan fingerprint density at radius 2 is 1.52 bits per heavy atom. The van der Waals surface area contributed by atoms with Crippen molar-refractivity contribution in [2.45, 2.75) is 86.0 Å². The summed E-state index contributed by atoms with van der Waals surface area (Å²) in [5, 5.41) is 0. The average Bonchev–Trinajstić information content (AvgIpc) is 2.40. The van der Waals surface area contributed by atoms with Crippen LogP contribution in [-0.2, 0) is 18.3 Å². The summed E-state index contributed by atoms with van der Waals surface area (Å²) in [5.74, 6) is 0. The van der Waals surface area contributed by atoms with Crippen molar-refractivity contribution in [2.75, 3.05) is 0 Å². The van der Waals surface area contributed by atoms with Gasteiger partial charge in [0, 0.05) is 0 Å². The summed E-state index contributed by atoms with van der Waals surface area (Å²) in [4.78, 5) is 0. The lowest BCUT2D eigenvalue weighted by atomic mass is 9.72. The highest BCUT2D eigenvalue weighted by Gasteiger charge is 2.27. The molecule has 0 fully saturated rings. The van der Waals surface area contributed by atoms with Crippen molar-refractivity contribution >= 4 is 0 Å². The van der Waals surface area contributed by atoms with Crippen LogP contribution < -0.4 is 0 Å². The Morgan fingerprint density at radius 1 is 0.905 bits per heavy atom.